The average molecular weight is 504 g/mol. The van der Waals surface area contributed by atoms with Gasteiger partial charge in [-0.3, -0.25) is 4.79 Å². The van der Waals surface area contributed by atoms with E-state index < -0.39 is 17.6 Å². The van der Waals surface area contributed by atoms with Crippen molar-refractivity contribution in [3.63, 3.8) is 0 Å². The van der Waals surface area contributed by atoms with Crippen molar-refractivity contribution in [1.29, 1.82) is 0 Å². The molecule has 2 aliphatic heterocycles. The highest BCUT2D eigenvalue weighted by Crippen LogP contribution is 2.46. The first kappa shape index (κ1) is 26.6. The van der Waals surface area contributed by atoms with Gasteiger partial charge in [-0.1, -0.05) is 17.8 Å². The molecule has 0 unspecified atom stereocenters. The molecule has 0 aliphatic carbocycles. The monoisotopic (exact) mass is 503 g/mol. The van der Waals surface area contributed by atoms with Gasteiger partial charge < -0.3 is 29.2 Å². The van der Waals surface area contributed by atoms with E-state index in [0.717, 1.165) is 11.3 Å². The molecule has 35 heavy (non-hydrogen) atoms. The number of nitrogens with zero attached hydrogens (tertiary/aromatic N) is 2. The van der Waals surface area contributed by atoms with Crippen LogP contribution in [-0.4, -0.2) is 62.0 Å². The molecule has 2 heterocycles. The first-order chi connectivity index (χ1) is 16.6. The largest absolute Gasteiger partial charge is 0.493 e. The van der Waals surface area contributed by atoms with Gasteiger partial charge in [0.25, 0.3) is 0 Å². The first-order valence-corrected chi connectivity index (χ1v) is 12.1. The number of carbonyl (C=O) groups excluding carboxylic acids is 2. The Morgan fingerprint density at radius 2 is 1.86 bits per heavy atom. The SMILES string of the molecule is COCCNC(=O)CC1=CSC2=NC(C)=C(C(=O)OC(C)(C)C)[C@H](c3ccc(OC)c(OC)c3)N12. The van der Waals surface area contributed by atoms with Crippen LogP contribution < -0.4 is 14.8 Å². The number of allylic oxidation sites excluding steroid dienone is 1. The van der Waals surface area contributed by atoms with Crippen LogP contribution in [0, 0.1) is 0 Å². The molecule has 1 N–H and O–H groups in total. The van der Waals surface area contributed by atoms with Gasteiger partial charge in [-0.2, -0.15) is 0 Å². The predicted octanol–water partition coefficient (Wildman–Crippen LogP) is 3.77. The van der Waals surface area contributed by atoms with Gasteiger partial charge in [0.05, 0.1) is 44.6 Å². The second kappa shape index (κ2) is 11.2. The smallest absolute Gasteiger partial charge is 0.338 e. The molecular formula is C25H33N3O6S. The van der Waals surface area contributed by atoms with E-state index in [2.05, 4.69) is 10.3 Å². The Kier molecular flexibility index (Phi) is 8.50. The molecule has 0 fully saturated rings. The van der Waals surface area contributed by atoms with E-state index in [-0.39, 0.29) is 12.3 Å². The molecule has 0 radical (unpaired) electrons. The Hall–Kier alpha value is -2.98. The van der Waals surface area contributed by atoms with Crippen molar-refractivity contribution in [2.24, 2.45) is 4.99 Å². The summed E-state index contributed by atoms with van der Waals surface area (Å²) in [4.78, 5) is 32.7. The van der Waals surface area contributed by atoms with E-state index in [1.165, 1.54) is 11.8 Å². The lowest BCUT2D eigenvalue weighted by Crippen LogP contribution is -2.39. The third-order valence-corrected chi connectivity index (χ3v) is 6.20. The van der Waals surface area contributed by atoms with Crippen LogP contribution in [0.2, 0.25) is 0 Å². The highest BCUT2D eigenvalue weighted by atomic mass is 32.2. The van der Waals surface area contributed by atoms with E-state index in [0.29, 0.717) is 41.1 Å². The van der Waals surface area contributed by atoms with Gasteiger partial charge in [0.1, 0.15) is 5.60 Å². The molecule has 190 valence electrons. The third kappa shape index (κ3) is 6.18. The maximum atomic E-state index is 13.4. The molecule has 10 heteroatoms. The summed E-state index contributed by atoms with van der Waals surface area (Å²) in [6, 6.07) is 4.95. The number of methoxy groups -OCH3 is 3. The fourth-order valence-corrected chi connectivity index (χ4v) is 4.79. The number of esters is 1. The van der Waals surface area contributed by atoms with Gasteiger partial charge in [0.2, 0.25) is 5.91 Å². The molecule has 3 rings (SSSR count). The number of nitrogens with one attached hydrogen (secondary N) is 1. The van der Waals surface area contributed by atoms with E-state index >= 15 is 0 Å². The minimum atomic E-state index is -0.684. The second-order valence-corrected chi connectivity index (χ2v) is 9.87. The summed E-state index contributed by atoms with van der Waals surface area (Å²) in [5.41, 5.74) is 1.80. The summed E-state index contributed by atoms with van der Waals surface area (Å²) in [6.45, 7) is 8.11. The van der Waals surface area contributed by atoms with Crippen molar-refractivity contribution in [2.75, 3.05) is 34.5 Å². The van der Waals surface area contributed by atoms with Crippen molar-refractivity contribution in [3.05, 3.63) is 46.1 Å². The highest BCUT2D eigenvalue weighted by Gasteiger charge is 2.42. The van der Waals surface area contributed by atoms with Crippen LogP contribution in [-0.2, 0) is 19.1 Å². The van der Waals surface area contributed by atoms with Crippen LogP contribution >= 0.6 is 11.8 Å². The number of ether oxygens (including phenoxy) is 4. The zero-order valence-corrected chi connectivity index (χ0v) is 22.1. The average Bonchev–Trinajstić information content (AvgIpc) is 3.18. The summed E-state index contributed by atoms with van der Waals surface area (Å²) in [5, 5.41) is 5.43. The molecule has 1 atom stereocenters. The number of aliphatic imine (C=N–C) groups is 1. The Labute approximate surface area is 210 Å². The highest BCUT2D eigenvalue weighted by molar-refractivity contribution is 8.16. The summed E-state index contributed by atoms with van der Waals surface area (Å²) in [5.74, 6) is 0.499. The summed E-state index contributed by atoms with van der Waals surface area (Å²) in [7, 11) is 4.71. The van der Waals surface area contributed by atoms with Crippen LogP contribution in [0.15, 0.2) is 45.6 Å². The number of thioether (sulfide) groups is 1. The van der Waals surface area contributed by atoms with Crippen LogP contribution in [0.5, 0.6) is 11.5 Å². The number of carbonyl (C=O) groups is 2. The Bertz CT molecular complexity index is 1070. The lowest BCUT2D eigenvalue weighted by atomic mass is 9.93. The Balaban J connectivity index is 2.05. The van der Waals surface area contributed by atoms with E-state index in [1.54, 1.807) is 34.3 Å². The molecular weight excluding hydrogens is 470 g/mol. The predicted molar refractivity (Wildman–Crippen MR) is 135 cm³/mol. The van der Waals surface area contributed by atoms with Crippen molar-refractivity contribution in [2.45, 2.75) is 45.8 Å². The molecule has 0 saturated carbocycles. The molecule has 1 aromatic carbocycles. The number of fused-ring (bicyclic) bond motifs is 1. The molecule has 0 bridgehead atoms. The molecule has 0 aromatic heterocycles. The van der Waals surface area contributed by atoms with Crippen molar-refractivity contribution >= 4 is 28.8 Å². The minimum Gasteiger partial charge on any atom is -0.493 e. The number of amidine groups is 1. The van der Waals surface area contributed by atoms with Gasteiger partial charge >= 0.3 is 5.97 Å². The topological polar surface area (TPSA) is 98.7 Å². The normalized spacial score (nSPS) is 17.5. The standard InChI is InChI=1S/C25H33N3O6S/c1-15-21(23(30)34-25(2,3)4)22(16-8-9-18(32-6)19(12-16)33-7)28-17(14-35-24(28)27-15)13-20(29)26-10-11-31-5/h8-9,12,14,22H,10-11,13H2,1-7H3,(H,26,29)/t22-/m0/s1. The van der Waals surface area contributed by atoms with Gasteiger partial charge in [-0.05, 0) is 50.8 Å². The zero-order chi connectivity index (χ0) is 25.8. The van der Waals surface area contributed by atoms with Crippen molar-refractivity contribution in [3.8, 4) is 11.5 Å². The van der Waals surface area contributed by atoms with Crippen LogP contribution in [0.3, 0.4) is 0 Å². The Morgan fingerprint density at radius 1 is 1.14 bits per heavy atom. The molecule has 0 saturated heterocycles. The second-order valence-electron chi connectivity index (χ2n) is 9.03. The van der Waals surface area contributed by atoms with Crippen molar-refractivity contribution < 1.29 is 28.5 Å². The fourth-order valence-electron chi connectivity index (χ4n) is 3.82. The van der Waals surface area contributed by atoms with Crippen molar-refractivity contribution in [1.82, 2.24) is 10.2 Å². The van der Waals surface area contributed by atoms with E-state index in [1.807, 2.05) is 43.2 Å². The lowest BCUT2D eigenvalue weighted by molar-refractivity contribution is -0.150. The zero-order valence-electron chi connectivity index (χ0n) is 21.3. The van der Waals surface area contributed by atoms with Gasteiger partial charge in [0.15, 0.2) is 16.7 Å². The number of hydrogen-bond acceptors (Lipinski definition) is 9. The Morgan fingerprint density at radius 3 is 2.49 bits per heavy atom. The van der Waals surface area contributed by atoms with E-state index in [9.17, 15) is 9.59 Å². The first-order valence-electron chi connectivity index (χ1n) is 11.2. The van der Waals surface area contributed by atoms with Gasteiger partial charge in [-0.25, -0.2) is 9.79 Å². The minimum absolute atomic E-state index is 0.125. The number of amides is 1. The van der Waals surface area contributed by atoms with Crippen LogP contribution in [0.1, 0.15) is 45.7 Å². The van der Waals surface area contributed by atoms with Crippen LogP contribution in [0.25, 0.3) is 0 Å². The maximum Gasteiger partial charge on any atom is 0.338 e. The lowest BCUT2D eigenvalue weighted by Gasteiger charge is -2.37. The van der Waals surface area contributed by atoms with Gasteiger partial charge in [-0.15, -0.1) is 0 Å². The number of hydrogen-bond donors (Lipinski definition) is 1. The summed E-state index contributed by atoms with van der Waals surface area (Å²) < 4.78 is 21.7. The number of rotatable bonds is 9. The summed E-state index contributed by atoms with van der Waals surface area (Å²) >= 11 is 1.42. The molecule has 9 nitrogen and oxygen atoms in total. The summed E-state index contributed by atoms with van der Waals surface area (Å²) in [6.07, 6.45) is 0.125. The van der Waals surface area contributed by atoms with E-state index in [4.69, 9.17) is 18.9 Å². The molecule has 1 aromatic rings. The molecule has 2 aliphatic rings. The molecule has 1 amide bonds. The fraction of sp³-hybridized carbons (Fsp3) is 0.480. The quantitative estimate of drug-likeness (QED) is 0.402. The van der Waals surface area contributed by atoms with Gasteiger partial charge in [0, 0.05) is 19.4 Å². The number of benzene rings is 1. The maximum absolute atomic E-state index is 13.4. The third-order valence-electron chi connectivity index (χ3n) is 5.31. The molecule has 0 spiro atoms. The van der Waals surface area contributed by atoms with Crippen LogP contribution in [0.4, 0.5) is 0 Å².